The number of anilines is 2. The summed E-state index contributed by atoms with van der Waals surface area (Å²) in [6.07, 6.45) is 7.06. The molecule has 31 heavy (non-hydrogen) atoms. The number of aromatic nitrogens is 2. The first-order chi connectivity index (χ1) is 15.1. The Morgan fingerprint density at radius 1 is 0.774 bits per heavy atom. The van der Waals surface area contributed by atoms with Gasteiger partial charge in [0.1, 0.15) is 11.6 Å². The molecule has 0 atom stereocenters. The van der Waals surface area contributed by atoms with Crippen LogP contribution in [0.25, 0.3) is 0 Å². The third kappa shape index (κ3) is 4.65. The Labute approximate surface area is 182 Å². The minimum Gasteiger partial charge on any atom is -0.268 e. The van der Waals surface area contributed by atoms with Gasteiger partial charge in [-0.1, -0.05) is 25.0 Å². The molecule has 7 nitrogen and oxygen atoms in total. The minimum atomic E-state index is -3.57. The maximum absolute atomic E-state index is 13.3. The lowest BCUT2D eigenvalue weighted by Crippen LogP contribution is -2.32. The van der Waals surface area contributed by atoms with Crippen molar-refractivity contribution in [1.29, 1.82) is 0 Å². The number of carbonyl (C=O) groups excluding carboxylic acids is 1. The van der Waals surface area contributed by atoms with E-state index < -0.39 is 10.0 Å². The smallest absolute Gasteiger partial charge is 0.265 e. The molecule has 1 fully saturated rings. The van der Waals surface area contributed by atoms with Gasteiger partial charge in [-0.3, -0.25) is 4.79 Å². The number of amides is 1. The quantitative estimate of drug-likeness (QED) is 0.603. The molecular formula is C23H24N4O3S. The lowest BCUT2D eigenvalue weighted by Gasteiger charge is -2.22. The van der Waals surface area contributed by atoms with Crippen LogP contribution in [0.1, 0.15) is 36.0 Å². The molecular weight excluding hydrogens is 412 g/mol. The third-order valence-corrected chi connectivity index (χ3v) is 7.18. The summed E-state index contributed by atoms with van der Waals surface area (Å²) in [5, 5.41) is 0. The Morgan fingerprint density at radius 3 is 1.81 bits per heavy atom. The number of hydrogen-bond donors (Lipinski definition) is 0. The van der Waals surface area contributed by atoms with E-state index in [4.69, 9.17) is 0 Å². The van der Waals surface area contributed by atoms with Crippen LogP contribution in [0.5, 0.6) is 0 Å². The summed E-state index contributed by atoms with van der Waals surface area (Å²) < 4.78 is 27.6. The number of nitrogens with zero attached hydrogens (tertiary/aromatic N) is 4. The van der Waals surface area contributed by atoms with Gasteiger partial charge in [0.2, 0.25) is 10.0 Å². The fourth-order valence-electron chi connectivity index (χ4n) is 3.63. The van der Waals surface area contributed by atoms with E-state index in [2.05, 4.69) is 9.97 Å². The number of sulfonamides is 1. The van der Waals surface area contributed by atoms with E-state index in [0.717, 1.165) is 25.7 Å². The lowest BCUT2D eigenvalue weighted by atomic mass is 10.2. The van der Waals surface area contributed by atoms with E-state index in [1.165, 1.54) is 17.0 Å². The maximum atomic E-state index is 13.3. The fourth-order valence-corrected chi connectivity index (χ4v) is 5.14. The van der Waals surface area contributed by atoms with E-state index >= 15 is 0 Å². The summed E-state index contributed by atoms with van der Waals surface area (Å²) >= 11 is 0. The highest BCUT2D eigenvalue weighted by Crippen LogP contribution is 2.25. The fraction of sp³-hybridized carbons (Fsp3) is 0.261. The molecule has 1 aliphatic heterocycles. The van der Waals surface area contributed by atoms with Gasteiger partial charge >= 0.3 is 0 Å². The summed E-state index contributed by atoms with van der Waals surface area (Å²) in [6.45, 7) is 1.08. The van der Waals surface area contributed by atoms with E-state index in [9.17, 15) is 13.2 Å². The van der Waals surface area contributed by atoms with Crippen LogP contribution in [0.2, 0.25) is 0 Å². The first kappa shape index (κ1) is 21.1. The van der Waals surface area contributed by atoms with Crippen LogP contribution >= 0.6 is 0 Å². The standard InChI is InChI=1S/C23H24N4O3S/c28-23(27(21-9-3-5-15-24-21)22-10-4-6-16-25-22)19-11-13-20(14-12-19)31(29,30)26-17-7-1-2-8-18-26/h3-6,9-16H,1-2,7-8,17-18H2. The topological polar surface area (TPSA) is 83.5 Å². The molecule has 1 amide bonds. The zero-order valence-corrected chi connectivity index (χ0v) is 17.9. The molecule has 0 unspecified atom stereocenters. The van der Waals surface area contributed by atoms with Crippen LogP contribution in [-0.4, -0.2) is 41.7 Å². The molecule has 4 rings (SSSR count). The Morgan fingerprint density at radius 2 is 1.32 bits per heavy atom. The molecule has 3 heterocycles. The molecule has 0 bridgehead atoms. The van der Waals surface area contributed by atoms with Crippen molar-refractivity contribution in [3.05, 3.63) is 78.6 Å². The van der Waals surface area contributed by atoms with Crippen LogP contribution in [0, 0.1) is 0 Å². The van der Waals surface area contributed by atoms with Gasteiger partial charge in [0, 0.05) is 31.0 Å². The second-order valence-electron chi connectivity index (χ2n) is 7.36. The Balaban J connectivity index is 1.63. The summed E-state index contributed by atoms with van der Waals surface area (Å²) in [5.74, 6) is 0.538. The highest BCUT2D eigenvalue weighted by Gasteiger charge is 2.26. The number of benzene rings is 1. The van der Waals surface area contributed by atoms with E-state index in [-0.39, 0.29) is 10.8 Å². The summed E-state index contributed by atoms with van der Waals surface area (Å²) in [4.78, 5) is 23.5. The summed E-state index contributed by atoms with van der Waals surface area (Å²) in [6, 6.07) is 16.7. The average Bonchev–Trinajstić information content (AvgIpc) is 3.11. The number of hydrogen-bond acceptors (Lipinski definition) is 5. The van der Waals surface area contributed by atoms with Gasteiger partial charge in [-0.15, -0.1) is 0 Å². The molecule has 160 valence electrons. The predicted octanol–water partition coefficient (Wildman–Crippen LogP) is 4.02. The summed E-state index contributed by atoms with van der Waals surface area (Å²) in [7, 11) is -3.57. The maximum Gasteiger partial charge on any atom is 0.265 e. The van der Waals surface area contributed by atoms with Crippen molar-refractivity contribution in [3.8, 4) is 0 Å². The molecule has 3 aromatic rings. The van der Waals surface area contributed by atoms with Gasteiger partial charge in [-0.25, -0.2) is 23.3 Å². The second-order valence-corrected chi connectivity index (χ2v) is 9.30. The van der Waals surface area contributed by atoms with Crippen molar-refractivity contribution < 1.29 is 13.2 Å². The van der Waals surface area contributed by atoms with Crippen molar-refractivity contribution in [2.24, 2.45) is 0 Å². The largest absolute Gasteiger partial charge is 0.268 e. The Hall–Kier alpha value is -3.10. The first-order valence-corrected chi connectivity index (χ1v) is 11.8. The van der Waals surface area contributed by atoms with Crippen molar-refractivity contribution in [1.82, 2.24) is 14.3 Å². The zero-order chi connectivity index (χ0) is 21.7. The Kier molecular flexibility index (Phi) is 6.39. The first-order valence-electron chi connectivity index (χ1n) is 10.3. The molecule has 0 radical (unpaired) electrons. The van der Waals surface area contributed by atoms with Gasteiger partial charge in [0.25, 0.3) is 5.91 Å². The van der Waals surface area contributed by atoms with Crippen molar-refractivity contribution >= 4 is 27.6 Å². The molecule has 1 aromatic carbocycles. The van der Waals surface area contributed by atoms with Gasteiger partial charge in [0.15, 0.2) is 0 Å². The Bertz CT molecular complexity index is 1070. The van der Waals surface area contributed by atoms with Crippen LogP contribution in [-0.2, 0) is 10.0 Å². The molecule has 0 N–H and O–H groups in total. The van der Waals surface area contributed by atoms with E-state index in [1.54, 1.807) is 65.2 Å². The van der Waals surface area contributed by atoms with E-state index in [0.29, 0.717) is 30.3 Å². The molecule has 1 saturated heterocycles. The lowest BCUT2D eigenvalue weighted by molar-refractivity contribution is 0.0998. The third-order valence-electron chi connectivity index (χ3n) is 5.26. The molecule has 0 saturated carbocycles. The van der Waals surface area contributed by atoms with E-state index in [1.807, 2.05) is 0 Å². The molecule has 0 spiro atoms. The second kappa shape index (κ2) is 9.36. The van der Waals surface area contributed by atoms with Gasteiger partial charge in [-0.2, -0.15) is 4.31 Å². The van der Waals surface area contributed by atoms with Gasteiger partial charge in [-0.05, 0) is 61.4 Å². The molecule has 2 aromatic heterocycles. The van der Waals surface area contributed by atoms with Crippen LogP contribution in [0.15, 0.2) is 78.0 Å². The SMILES string of the molecule is O=C(c1ccc(S(=O)(=O)N2CCCCCC2)cc1)N(c1ccccn1)c1ccccn1. The van der Waals surface area contributed by atoms with Crippen LogP contribution in [0.4, 0.5) is 11.6 Å². The van der Waals surface area contributed by atoms with Crippen molar-refractivity contribution in [3.63, 3.8) is 0 Å². The zero-order valence-electron chi connectivity index (χ0n) is 17.1. The number of rotatable bonds is 5. The van der Waals surface area contributed by atoms with Crippen LogP contribution in [0.3, 0.4) is 0 Å². The van der Waals surface area contributed by atoms with Crippen molar-refractivity contribution in [2.45, 2.75) is 30.6 Å². The normalized spacial score (nSPS) is 15.2. The molecule has 1 aliphatic rings. The number of pyridine rings is 2. The molecule has 8 heteroatoms. The minimum absolute atomic E-state index is 0.202. The van der Waals surface area contributed by atoms with Crippen molar-refractivity contribution in [2.75, 3.05) is 18.0 Å². The average molecular weight is 437 g/mol. The molecule has 0 aliphatic carbocycles. The number of carbonyl (C=O) groups is 1. The highest BCUT2D eigenvalue weighted by atomic mass is 32.2. The monoisotopic (exact) mass is 436 g/mol. The van der Waals surface area contributed by atoms with Gasteiger partial charge < -0.3 is 0 Å². The highest BCUT2D eigenvalue weighted by molar-refractivity contribution is 7.89. The summed E-state index contributed by atoms with van der Waals surface area (Å²) in [5.41, 5.74) is 0.353. The van der Waals surface area contributed by atoms with Crippen LogP contribution < -0.4 is 4.90 Å². The predicted molar refractivity (Wildman–Crippen MR) is 119 cm³/mol. The van der Waals surface area contributed by atoms with Gasteiger partial charge in [0.05, 0.1) is 4.90 Å².